The number of aliphatic hydroxyl groups excluding tert-OH is 1. The molecule has 2 aromatic carbocycles. The Bertz CT molecular complexity index is 806. The van der Waals surface area contributed by atoms with Gasteiger partial charge in [0.1, 0.15) is 18.2 Å². The SMILES string of the molecule is Cc1nnc(SCC(O)COc2ccc3ccccc3c2)n1N. The minimum atomic E-state index is -0.622. The van der Waals surface area contributed by atoms with Crippen LogP contribution in [0.4, 0.5) is 0 Å². The molecule has 120 valence electrons. The molecule has 1 heterocycles. The Balaban J connectivity index is 1.53. The molecular formula is C16H18N4O2S. The maximum absolute atomic E-state index is 10.0. The summed E-state index contributed by atoms with van der Waals surface area (Å²) in [5.74, 6) is 7.57. The second-order valence-electron chi connectivity index (χ2n) is 5.18. The standard InChI is InChI=1S/C16H18N4O2S/c1-11-18-19-16(20(11)17)23-10-14(21)9-22-15-7-6-12-4-2-3-5-13(12)8-15/h2-8,14,21H,9-10,17H2,1H3. The Morgan fingerprint density at radius 3 is 2.74 bits per heavy atom. The van der Waals surface area contributed by atoms with Crippen LogP contribution in [-0.4, -0.2) is 38.4 Å². The minimum Gasteiger partial charge on any atom is -0.491 e. The van der Waals surface area contributed by atoms with E-state index in [0.717, 1.165) is 16.5 Å². The predicted molar refractivity (Wildman–Crippen MR) is 91.1 cm³/mol. The van der Waals surface area contributed by atoms with Crippen LogP contribution >= 0.6 is 11.8 Å². The number of fused-ring (bicyclic) bond motifs is 1. The fourth-order valence-electron chi connectivity index (χ4n) is 2.12. The average molecular weight is 330 g/mol. The normalized spacial score (nSPS) is 12.4. The third-order valence-electron chi connectivity index (χ3n) is 3.40. The maximum atomic E-state index is 10.0. The molecule has 7 heteroatoms. The van der Waals surface area contributed by atoms with Gasteiger partial charge >= 0.3 is 0 Å². The van der Waals surface area contributed by atoms with E-state index in [9.17, 15) is 5.11 Å². The quantitative estimate of drug-likeness (QED) is 0.531. The van der Waals surface area contributed by atoms with Gasteiger partial charge < -0.3 is 15.7 Å². The molecule has 0 aliphatic heterocycles. The van der Waals surface area contributed by atoms with E-state index in [4.69, 9.17) is 10.6 Å². The molecule has 0 fully saturated rings. The van der Waals surface area contributed by atoms with Crippen LogP contribution in [-0.2, 0) is 0 Å². The summed E-state index contributed by atoms with van der Waals surface area (Å²) < 4.78 is 7.07. The summed E-state index contributed by atoms with van der Waals surface area (Å²) in [7, 11) is 0. The lowest BCUT2D eigenvalue weighted by molar-refractivity contribution is 0.126. The lowest BCUT2D eigenvalue weighted by Gasteiger charge is -2.12. The van der Waals surface area contributed by atoms with E-state index in [1.165, 1.54) is 16.4 Å². The van der Waals surface area contributed by atoms with Crippen LogP contribution in [0.1, 0.15) is 5.82 Å². The first kappa shape index (κ1) is 15.6. The van der Waals surface area contributed by atoms with Gasteiger partial charge in [0.2, 0.25) is 5.16 Å². The number of aliphatic hydroxyl groups is 1. The molecular weight excluding hydrogens is 312 g/mol. The number of nitrogen functional groups attached to an aromatic ring is 1. The number of aromatic nitrogens is 3. The number of ether oxygens (including phenoxy) is 1. The Kier molecular flexibility index (Phi) is 4.68. The molecule has 3 aromatic rings. The Morgan fingerprint density at radius 2 is 2.00 bits per heavy atom. The summed E-state index contributed by atoms with van der Waals surface area (Å²) in [4.78, 5) is 0. The molecule has 0 spiro atoms. The molecule has 3 N–H and O–H groups in total. The van der Waals surface area contributed by atoms with Crippen LogP contribution in [0.2, 0.25) is 0 Å². The molecule has 23 heavy (non-hydrogen) atoms. The van der Waals surface area contributed by atoms with E-state index in [2.05, 4.69) is 16.3 Å². The first-order valence-corrected chi connectivity index (χ1v) is 8.21. The van der Waals surface area contributed by atoms with Crippen molar-refractivity contribution in [3.05, 3.63) is 48.3 Å². The molecule has 0 aliphatic rings. The Labute approximate surface area is 138 Å². The van der Waals surface area contributed by atoms with Crippen LogP contribution in [0.3, 0.4) is 0 Å². The van der Waals surface area contributed by atoms with Gasteiger partial charge in [-0.25, -0.2) is 4.68 Å². The van der Waals surface area contributed by atoms with E-state index in [-0.39, 0.29) is 6.61 Å². The third-order valence-corrected chi connectivity index (χ3v) is 4.49. The van der Waals surface area contributed by atoms with Gasteiger partial charge in [0.05, 0.1) is 6.10 Å². The van der Waals surface area contributed by atoms with Crippen molar-refractivity contribution >= 4 is 22.5 Å². The van der Waals surface area contributed by atoms with Crippen LogP contribution in [0, 0.1) is 6.92 Å². The molecule has 0 amide bonds. The zero-order valence-electron chi connectivity index (χ0n) is 12.7. The van der Waals surface area contributed by atoms with Gasteiger partial charge in [0.25, 0.3) is 0 Å². The van der Waals surface area contributed by atoms with E-state index >= 15 is 0 Å². The number of nitrogens with zero attached hydrogens (tertiary/aromatic N) is 3. The van der Waals surface area contributed by atoms with E-state index in [1.54, 1.807) is 6.92 Å². The van der Waals surface area contributed by atoms with E-state index in [0.29, 0.717) is 16.7 Å². The highest BCUT2D eigenvalue weighted by molar-refractivity contribution is 7.99. The lowest BCUT2D eigenvalue weighted by Crippen LogP contribution is -2.21. The monoisotopic (exact) mass is 330 g/mol. The summed E-state index contributed by atoms with van der Waals surface area (Å²) in [6, 6.07) is 14.0. The molecule has 0 radical (unpaired) electrons. The molecule has 1 unspecified atom stereocenters. The molecule has 1 atom stereocenters. The molecule has 0 aliphatic carbocycles. The Morgan fingerprint density at radius 1 is 1.22 bits per heavy atom. The van der Waals surface area contributed by atoms with Gasteiger partial charge in [-0.1, -0.05) is 42.1 Å². The highest BCUT2D eigenvalue weighted by Crippen LogP contribution is 2.21. The van der Waals surface area contributed by atoms with Gasteiger partial charge in [-0.3, -0.25) is 0 Å². The average Bonchev–Trinajstić information content (AvgIpc) is 2.89. The predicted octanol–water partition coefficient (Wildman–Crippen LogP) is 1.99. The van der Waals surface area contributed by atoms with Crippen LogP contribution < -0.4 is 10.6 Å². The van der Waals surface area contributed by atoms with Crippen molar-refractivity contribution in [3.8, 4) is 5.75 Å². The summed E-state index contributed by atoms with van der Waals surface area (Å²) in [6.07, 6.45) is -0.622. The number of benzene rings is 2. The van der Waals surface area contributed by atoms with E-state index in [1.807, 2.05) is 36.4 Å². The fourth-order valence-corrected chi connectivity index (χ4v) is 2.92. The number of nitrogens with two attached hydrogens (primary N) is 1. The molecule has 0 bridgehead atoms. The highest BCUT2D eigenvalue weighted by Gasteiger charge is 2.11. The third kappa shape index (κ3) is 3.75. The zero-order valence-corrected chi connectivity index (χ0v) is 13.5. The number of hydrogen-bond acceptors (Lipinski definition) is 6. The second kappa shape index (κ2) is 6.89. The van der Waals surface area contributed by atoms with Crippen molar-refractivity contribution in [2.75, 3.05) is 18.2 Å². The van der Waals surface area contributed by atoms with Crippen molar-refractivity contribution < 1.29 is 9.84 Å². The molecule has 3 rings (SSSR count). The van der Waals surface area contributed by atoms with Crippen LogP contribution in [0.15, 0.2) is 47.6 Å². The first-order valence-electron chi connectivity index (χ1n) is 7.23. The van der Waals surface area contributed by atoms with Crippen molar-refractivity contribution in [1.82, 2.24) is 14.9 Å². The van der Waals surface area contributed by atoms with Crippen LogP contribution in [0.25, 0.3) is 10.8 Å². The van der Waals surface area contributed by atoms with Gasteiger partial charge in [-0.05, 0) is 29.8 Å². The second-order valence-corrected chi connectivity index (χ2v) is 6.17. The number of thioether (sulfide) groups is 1. The highest BCUT2D eigenvalue weighted by atomic mass is 32.2. The van der Waals surface area contributed by atoms with Crippen molar-refractivity contribution in [2.45, 2.75) is 18.2 Å². The molecule has 1 aromatic heterocycles. The van der Waals surface area contributed by atoms with Gasteiger partial charge in [0, 0.05) is 5.75 Å². The van der Waals surface area contributed by atoms with Gasteiger partial charge in [-0.15, -0.1) is 10.2 Å². The smallest absolute Gasteiger partial charge is 0.209 e. The molecule has 0 saturated carbocycles. The van der Waals surface area contributed by atoms with Gasteiger partial charge in [0.15, 0.2) is 0 Å². The first-order chi connectivity index (χ1) is 11.1. The van der Waals surface area contributed by atoms with Crippen molar-refractivity contribution in [2.24, 2.45) is 0 Å². The lowest BCUT2D eigenvalue weighted by atomic mass is 10.1. The summed E-state index contributed by atoms with van der Waals surface area (Å²) in [5.41, 5.74) is 0. The zero-order chi connectivity index (χ0) is 16.2. The number of hydrogen-bond donors (Lipinski definition) is 2. The summed E-state index contributed by atoms with van der Waals surface area (Å²) in [6.45, 7) is 1.99. The molecule has 6 nitrogen and oxygen atoms in total. The topological polar surface area (TPSA) is 86.2 Å². The minimum absolute atomic E-state index is 0.211. The molecule has 0 saturated heterocycles. The summed E-state index contributed by atoms with van der Waals surface area (Å²) in [5, 5.41) is 20.7. The van der Waals surface area contributed by atoms with Crippen LogP contribution in [0.5, 0.6) is 5.75 Å². The summed E-state index contributed by atoms with van der Waals surface area (Å²) >= 11 is 1.35. The number of aryl methyl sites for hydroxylation is 1. The van der Waals surface area contributed by atoms with Crippen molar-refractivity contribution in [3.63, 3.8) is 0 Å². The number of rotatable bonds is 6. The Hall–Kier alpha value is -2.25. The van der Waals surface area contributed by atoms with Crippen molar-refractivity contribution in [1.29, 1.82) is 0 Å². The van der Waals surface area contributed by atoms with E-state index < -0.39 is 6.10 Å². The fraction of sp³-hybridized carbons (Fsp3) is 0.250. The maximum Gasteiger partial charge on any atom is 0.209 e. The largest absolute Gasteiger partial charge is 0.491 e. The van der Waals surface area contributed by atoms with Gasteiger partial charge in [-0.2, -0.15) is 0 Å².